The molecule has 2 aliphatic carbocycles. The van der Waals surface area contributed by atoms with Crippen LogP contribution in [-0.4, -0.2) is 70.8 Å². The van der Waals surface area contributed by atoms with Crippen LogP contribution in [0.2, 0.25) is 0 Å². The Morgan fingerprint density at radius 1 is 1.10 bits per heavy atom. The molecule has 1 aromatic rings. The van der Waals surface area contributed by atoms with E-state index in [4.69, 9.17) is 19.8 Å². The fraction of sp³-hybridized carbons (Fsp3) is 0.667. The number of nitriles is 1. The molecule has 8 heteroatoms. The first kappa shape index (κ1) is 24.7. The average molecular weight is 407 g/mol. The highest BCUT2D eigenvalue weighted by molar-refractivity contribution is 5.34. The summed E-state index contributed by atoms with van der Waals surface area (Å²) in [6.45, 7) is 2.58. The van der Waals surface area contributed by atoms with Crippen LogP contribution in [0.15, 0.2) is 6.07 Å². The summed E-state index contributed by atoms with van der Waals surface area (Å²) in [6.07, 6.45) is 5.46. The molecule has 29 heavy (non-hydrogen) atoms. The van der Waals surface area contributed by atoms with Gasteiger partial charge in [-0.3, -0.25) is 14.5 Å². The van der Waals surface area contributed by atoms with Crippen LogP contribution in [0.3, 0.4) is 0 Å². The van der Waals surface area contributed by atoms with Crippen molar-refractivity contribution in [1.29, 1.82) is 5.26 Å². The zero-order valence-electron chi connectivity index (χ0n) is 18.1. The number of carbonyl (C=O) groups is 2. The maximum absolute atomic E-state index is 9.19. The van der Waals surface area contributed by atoms with E-state index < -0.39 is 0 Å². The molecule has 1 aromatic heterocycles. The summed E-state index contributed by atoms with van der Waals surface area (Å²) >= 11 is 0. The summed E-state index contributed by atoms with van der Waals surface area (Å²) in [4.78, 5) is 21.7. The third kappa shape index (κ3) is 6.31. The maximum atomic E-state index is 9.19. The number of hydrogen-bond donors (Lipinski definition) is 2. The second-order valence-electron chi connectivity index (χ2n) is 8.17. The van der Waals surface area contributed by atoms with E-state index in [0.29, 0.717) is 6.04 Å². The Kier molecular flexibility index (Phi) is 9.86. The van der Waals surface area contributed by atoms with Gasteiger partial charge in [-0.2, -0.15) is 5.26 Å². The summed E-state index contributed by atoms with van der Waals surface area (Å²) in [5, 5.41) is 23.0. The largest absolute Gasteiger partial charge is 0.483 e. The van der Waals surface area contributed by atoms with Gasteiger partial charge >= 0.3 is 0 Å². The molecular formula is C21H34N4O4. The Hall–Kier alpha value is -2.37. The van der Waals surface area contributed by atoms with Crippen LogP contribution < -0.4 is 0 Å². The third-order valence-corrected chi connectivity index (χ3v) is 6.49. The van der Waals surface area contributed by atoms with Crippen LogP contribution in [0.4, 0.5) is 0 Å². The van der Waals surface area contributed by atoms with Crippen LogP contribution in [0.5, 0.6) is 0 Å². The van der Waals surface area contributed by atoms with Gasteiger partial charge in [-0.1, -0.05) is 0 Å². The minimum Gasteiger partial charge on any atom is -0.483 e. The highest BCUT2D eigenvalue weighted by Crippen LogP contribution is 2.46. The van der Waals surface area contributed by atoms with E-state index in [2.05, 4.69) is 50.0 Å². The number of fused-ring (bicyclic) bond motifs is 1. The molecule has 2 fully saturated rings. The molecule has 0 saturated heterocycles. The lowest BCUT2D eigenvalue weighted by molar-refractivity contribution is -0.123. The number of rotatable bonds is 4. The van der Waals surface area contributed by atoms with Crippen molar-refractivity contribution in [3.63, 3.8) is 0 Å². The van der Waals surface area contributed by atoms with Crippen LogP contribution in [0.25, 0.3) is 0 Å². The molecule has 0 radical (unpaired) electrons. The van der Waals surface area contributed by atoms with Crippen molar-refractivity contribution >= 4 is 12.9 Å². The molecule has 1 heterocycles. The van der Waals surface area contributed by atoms with E-state index in [1.54, 1.807) is 0 Å². The highest BCUT2D eigenvalue weighted by atomic mass is 16.3. The summed E-state index contributed by atoms with van der Waals surface area (Å²) in [5.74, 6) is 1.84. The van der Waals surface area contributed by atoms with E-state index in [-0.39, 0.29) is 12.9 Å². The normalized spacial score (nSPS) is 24.8. The van der Waals surface area contributed by atoms with Gasteiger partial charge in [0.25, 0.3) is 12.9 Å². The molecule has 2 saturated carbocycles. The summed E-state index contributed by atoms with van der Waals surface area (Å²) in [7, 11) is 8.69. The van der Waals surface area contributed by atoms with Crippen molar-refractivity contribution in [2.24, 2.45) is 18.9 Å². The molecule has 0 amide bonds. The predicted octanol–water partition coefficient (Wildman–Crippen LogP) is 2.16. The number of nitrogens with zero attached hydrogens (tertiary/aromatic N) is 4. The lowest BCUT2D eigenvalue weighted by Gasteiger charge is -2.27. The first-order valence-electron chi connectivity index (χ1n) is 9.81. The summed E-state index contributed by atoms with van der Waals surface area (Å²) in [5.41, 5.74) is 3.29. The SMILES string of the molecule is Cc1c(CN(C)C2C[C@H]3CC(N(C)C)C[C@H]3C2)cc(C#N)n1C.O=CO.O=CO. The van der Waals surface area contributed by atoms with Crippen molar-refractivity contribution in [1.82, 2.24) is 14.4 Å². The molecule has 3 rings (SSSR count). The molecule has 0 aliphatic heterocycles. The van der Waals surface area contributed by atoms with Gasteiger partial charge in [-0.25, -0.2) is 0 Å². The van der Waals surface area contributed by atoms with Gasteiger partial charge in [-0.05, 0) is 77.2 Å². The second kappa shape index (κ2) is 11.6. The number of hydrogen-bond acceptors (Lipinski definition) is 5. The van der Waals surface area contributed by atoms with Gasteiger partial charge in [0.05, 0.1) is 0 Å². The van der Waals surface area contributed by atoms with Crippen LogP contribution in [0, 0.1) is 30.1 Å². The fourth-order valence-corrected chi connectivity index (χ4v) is 4.76. The molecule has 0 spiro atoms. The minimum atomic E-state index is -0.250. The quantitative estimate of drug-likeness (QED) is 0.737. The second-order valence-corrected chi connectivity index (χ2v) is 8.17. The van der Waals surface area contributed by atoms with Crippen LogP contribution in [-0.2, 0) is 23.2 Å². The first-order chi connectivity index (χ1) is 13.7. The monoisotopic (exact) mass is 406 g/mol. The Morgan fingerprint density at radius 3 is 1.93 bits per heavy atom. The minimum absolute atomic E-state index is 0.250. The van der Waals surface area contributed by atoms with Crippen molar-refractivity contribution in [3.05, 3.63) is 23.0 Å². The number of carboxylic acid groups (broad SMARTS) is 2. The molecule has 0 aromatic carbocycles. The number of aromatic nitrogens is 1. The van der Waals surface area contributed by atoms with Crippen LogP contribution in [0.1, 0.15) is 42.6 Å². The maximum Gasteiger partial charge on any atom is 0.290 e. The lowest BCUT2D eigenvalue weighted by atomic mass is 10.0. The van der Waals surface area contributed by atoms with E-state index >= 15 is 0 Å². The highest BCUT2D eigenvalue weighted by Gasteiger charge is 2.43. The topological polar surface area (TPSA) is 110 Å². The first-order valence-corrected chi connectivity index (χ1v) is 9.81. The van der Waals surface area contributed by atoms with E-state index in [1.807, 2.05) is 11.6 Å². The summed E-state index contributed by atoms with van der Waals surface area (Å²) < 4.78 is 2.01. The van der Waals surface area contributed by atoms with Gasteiger partial charge in [0.1, 0.15) is 11.8 Å². The third-order valence-electron chi connectivity index (χ3n) is 6.49. The Labute approximate surface area is 173 Å². The molecule has 2 unspecified atom stereocenters. The molecule has 4 atom stereocenters. The molecule has 162 valence electrons. The van der Waals surface area contributed by atoms with Gasteiger partial charge in [0.2, 0.25) is 0 Å². The van der Waals surface area contributed by atoms with Crippen molar-refractivity contribution in [3.8, 4) is 6.07 Å². The molecular weight excluding hydrogens is 372 g/mol. The van der Waals surface area contributed by atoms with Gasteiger partial charge in [-0.15, -0.1) is 0 Å². The Morgan fingerprint density at radius 2 is 1.55 bits per heavy atom. The standard InChI is InChI=1S/C19H30N4.2CH2O2/c1-13-16(10-19(11-20)23(13)5)12-22(4)18-8-14-6-17(21(2)3)7-15(14)9-18;2*2-1-3/h10,14-15,17-18H,6-9,12H2,1-5H3;2*1H,(H,2,3)/t14-,15+,17?,18?;;. The van der Waals surface area contributed by atoms with Crippen molar-refractivity contribution < 1.29 is 19.8 Å². The fourth-order valence-electron chi connectivity index (χ4n) is 4.76. The molecule has 8 nitrogen and oxygen atoms in total. The van der Waals surface area contributed by atoms with Crippen molar-refractivity contribution in [2.75, 3.05) is 21.1 Å². The summed E-state index contributed by atoms with van der Waals surface area (Å²) in [6, 6.07) is 5.85. The Bertz CT molecular complexity index is 690. The van der Waals surface area contributed by atoms with Crippen LogP contribution >= 0.6 is 0 Å². The molecule has 2 aliphatic rings. The van der Waals surface area contributed by atoms with Gasteiger partial charge in [0, 0.05) is 31.4 Å². The lowest BCUT2D eigenvalue weighted by Crippen LogP contribution is -2.31. The van der Waals surface area contributed by atoms with Gasteiger partial charge < -0.3 is 19.7 Å². The van der Waals surface area contributed by atoms with Crippen molar-refractivity contribution in [2.45, 2.75) is 51.2 Å². The zero-order valence-corrected chi connectivity index (χ0v) is 18.1. The average Bonchev–Trinajstić information content (AvgIpc) is 3.31. The van der Waals surface area contributed by atoms with E-state index in [0.717, 1.165) is 30.1 Å². The van der Waals surface area contributed by atoms with Gasteiger partial charge in [0.15, 0.2) is 0 Å². The predicted molar refractivity (Wildman–Crippen MR) is 110 cm³/mol. The van der Waals surface area contributed by atoms with E-state index in [9.17, 15) is 5.26 Å². The smallest absolute Gasteiger partial charge is 0.290 e. The Balaban J connectivity index is 0.000000626. The molecule has 0 bridgehead atoms. The van der Waals surface area contributed by atoms with E-state index in [1.165, 1.54) is 36.9 Å². The molecule has 2 N–H and O–H groups in total. The zero-order chi connectivity index (χ0) is 22.1.